The minimum atomic E-state index is -0.204. The van der Waals surface area contributed by atoms with Gasteiger partial charge in [0.05, 0.1) is 13.7 Å². The fourth-order valence-electron chi connectivity index (χ4n) is 3.86. The molecule has 0 saturated carbocycles. The van der Waals surface area contributed by atoms with Gasteiger partial charge >= 0.3 is 6.09 Å². The molecular formula is C20H29N3O4. The van der Waals surface area contributed by atoms with Crippen LogP contribution in [0.3, 0.4) is 0 Å². The van der Waals surface area contributed by atoms with Gasteiger partial charge in [-0.3, -0.25) is 9.69 Å². The number of amides is 2. The van der Waals surface area contributed by atoms with E-state index in [2.05, 4.69) is 4.90 Å². The summed E-state index contributed by atoms with van der Waals surface area (Å²) < 4.78 is 10.3. The minimum absolute atomic E-state index is 0.0608. The number of hydrogen-bond donors (Lipinski definition) is 0. The number of methoxy groups -OCH3 is 1. The minimum Gasteiger partial charge on any atom is -0.497 e. The molecule has 2 aliphatic heterocycles. The van der Waals surface area contributed by atoms with E-state index in [1.54, 1.807) is 18.1 Å². The van der Waals surface area contributed by atoms with Crippen molar-refractivity contribution in [2.45, 2.75) is 25.8 Å². The molecule has 1 aromatic rings. The van der Waals surface area contributed by atoms with Crippen molar-refractivity contribution < 1.29 is 19.1 Å². The molecule has 1 aromatic carbocycles. The van der Waals surface area contributed by atoms with Crippen LogP contribution in [-0.2, 0) is 4.74 Å². The average Bonchev–Trinajstić information content (AvgIpc) is 2.73. The SMILES string of the molecule is CCOC(=O)N1CCC(N2CCN(C(=O)c3cccc(OC)c3)CC2)CC1. The van der Waals surface area contributed by atoms with Crippen LogP contribution in [0.2, 0.25) is 0 Å². The highest BCUT2D eigenvalue weighted by atomic mass is 16.6. The lowest BCUT2D eigenvalue weighted by molar-refractivity contribution is 0.0417. The number of rotatable bonds is 4. The van der Waals surface area contributed by atoms with Gasteiger partial charge in [0.25, 0.3) is 5.91 Å². The van der Waals surface area contributed by atoms with Crippen LogP contribution in [0.15, 0.2) is 24.3 Å². The third-order valence-corrected chi connectivity index (χ3v) is 5.43. The van der Waals surface area contributed by atoms with Gasteiger partial charge in [-0.05, 0) is 38.0 Å². The largest absolute Gasteiger partial charge is 0.497 e. The van der Waals surface area contributed by atoms with Gasteiger partial charge in [-0.15, -0.1) is 0 Å². The molecule has 27 heavy (non-hydrogen) atoms. The summed E-state index contributed by atoms with van der Waals surface area (Å²) in [7, 11) is 1.61. The first-order valence-corrected chi connectivity index (χ1v) is 9.71. The summed E-state index contributed by atoms with van der Waals surface area (Å²) in [6.45, 7) is 6.94. The summed E-state index contributed by atoms with van der Waals surface area (Å²) in [6, 6.07) is 7.80. The van der Waals surface area contributed by atoms with Crippen molar-refractivity contribution in [3.63, 3.8) is 0 Å². The maximum atomic E-state index is 12.7. The third-order valence-electron chi connectivity index (χ3n) is 5.43. The number of carbonyl (C=O) groups is 2. The second-order valence-electron chi connectivity index (χ2n) is 6.98. The molecule has 2 saturated heterocycles. The number of hydrogen-bond acceptors (Lipinski definition) is 5. The summed E-state index contributed by atoms with van der Waals surface area (Å²) in [5, 5.41) is 0. The van der Waals surface area contributed by atoms with Gasteiger partial charge in [-0.1, -0.05) is 6.07 Å². The zero-order chi connectivity index (χ0) is 19.2. The highest BCUT2D eigenvalue weighted by Crippen LogP contribution is 2.20. The van der Waals surface area contributed by atoms with Gasteiger partial charge in [0, 0.05) is 50.9 Å². The van der Waals surface area contributed by atoms with Crippen LogP contribution in [0, 0.1) is 0 Å². The van der Waals surface area contributed by atoms with E-state index in [0.717, 1.165) is 52.1 Å². The Labute approximate surface area is 160 Å². The highest BCUT2D eigenvalue weighted by Gasteiger charge is 2.30. The molecule has 2 heterocycles. The third kappa shape index (κ3) is 4.71. The van der Waals surface area contributed by atoms with Crippen molar-refractivity contribution in [1.82, 2.24) is 14.7 Å². The van der Waals surface area contributed by atoms with Crippen molar-refractivity contribution in [3.05, 3.63) is 29.8 Å². The smallest absolute Gasteiger partial charge is 0.409 e. The predicted octanol–water partition coefficient (Wildman–Crippen LogP) is 2.07. The van der Waals surface area contributed by atoms with Gasteiger partial charge in [0.2, 0.25) is 0 Å². The lowest BCUT2D eigenvalue weighted by Gasteiger charge is -2.42. The number of ether oxygens (including phenoxy) is 2. The summed E-state index contributed by atoms with van der Waals surface area (Å²) in [5.41, 5.74) is 0.672. The molecule has 0 atom stereocenters. The molecule has 0 radical (unpaired) electrons. The van der Waals surface area contributed by atoms with E-state index >= 15 is 0 Å². The van der Waals surface area contributed by atoms with E-state index in [9.17, 15) is 9.59 Å². The second-order valence-corrected chi connectivity index (χ2v) is 6.98. The van der Waals surface area contributed by atoms with Gasteiger partial charge in [-0.25, -0.2) is 4.79 Å². The number of piperazine rings is 1. The van der Waals surface area contributed by atoms with Crippen LogP contribution in [0.1, 0.15) is 30.1 Å². The summed E-state index contributed by atoms with van der Waals surface area (Å²) in [6.07, 6.45) is 1.72. The molecule has 0 unspecified atom stereocenters. The molecule has 0 aromatic heterocycles. The first-order valence-electron chi connectivity index (χ1n) is 9.71. The topological polar surface area (TPSA) is 62.3 Å². The molecule has 0 aliphatic carbocycles. The zero-order valence-corrected chi connectivity index (χ0v) is 16.2. The Balaban J connectivity index is 1.48. The molecule has 148 valence electrons. The van der Waals surface area contributed by atoms with Gasteiger partial charge in [0.1, 0.15) is 5.75 Å². The normalized spacial score (nSPS) is 19.0. The van der Waals surface area contributed by atoms with E-state index in [1.807, 2.05) is 30.0 Å². The molecular weight excluding hydrogens is 346 g/mol. The first-order chi connectivity index (χ1) is 13.1. The van der Waals surface area contributed by atoms with E-state index in [4.69, 9.17) is 9.47 Å². The van der Waals surface area contributed by atoms with Crippen molar-refractivity contribution in [2.75, 3.05) is 53.0 Å². The molecule has 0 bridgehead atoms. The molecule has 7 nitrogen and oxygen atoms in total. The first kappa shape index (κ1) is 19.5. The Morgan fingerprint density at radius 1 is 1.04 bits per heavy atom. The van der Waals surface area contributed by atoms with Crippen LogP contribution in [-0.4, -0.2) is 85.7 Å². The summed E-state index contributed by atoms with van der Waals surface area (Å²) >= 11 is 0. The second kappa shape index (κ2) is 9.08. The van der Waals surface area contributed by atoms with Crippen molar-refractivity contribution >= 4 is 12.0 Å². The molecule has 2 amide bonds. The average molecular weight is 375 g/mol. The summed E-state index contributed by atoms with van der Waals surface area (Å²) in [4.78, 5) is 30.7. The Morgan fingerprint density at radius 3 is 2.37 bits per heavy atom. The van der Waals surface area contributed by atoms with E-state index in [-0.39, 0.29) is 12.0 Å². The van der Waals surface area contributed by atoms with Gasteiger partial charge in [-0.2, -0.15) is 0 Å². The fraction of sp³-hybridized carbons (Fsp3) is 0.600. The van der Waals surface area contributed by atoms with Crippen LogP contribution in [0.4, 0.5) is 4.79 Å². The quantitative estimate of drug-likeness (QED) is 0.806. The lowest BCUT2D eigenvalue weighted by Crippen LogP contribution is -2.54. The van der Waals surface area contributed by atoms with Crippen LogP contribution in [0.5, 0.6) is 5.75 Å². The van der Waals surface area contributed by atoms with E-state index in [1.165, 1.54) is 0 Å². The molecule has 3 rings (SSSR count). The fourth-order valence-corrected chi connectivity index (χ4v) is 3.86. The maximum Gasteiger partial charge on any atom is 0.409 e. The number of likely N-dealkylation sites (tertiary alicyclic amines) is 1. The van der Waals surface area contributed by atoms with Crippen LogP contribution < -0.4 is 4.74 Å². The zero-order valence-electron chi connectivity index (χ0n) is 16.2. The van der Waals surface area contributed by atoms with Crippen molar-refractivity contribution in [1.29, 1.82) is 0 Å². The van der Waals surface area contributed by atoms with Crippen LogP contribution in [0.25, 0.3) is 0 Å². The van der Waals surface area contributed by atoms with Crippen molar-refractivity contribution in [3.8, 4) is 5.75 Å². The van der Waals surface area contributed by atoms with Crippen molar-refractivity contribution in [2.24, 2.45) is 0 Å². The highest BCUT2D eigenvalue weighted by molar-refractivity contribution is 5.94. The Kier molecular flexibility index (Phi) is 6.55. The monoisotopic (exact) mass is 375 g/mol. The van der Waals surface area contributed by atoms with E-state index < -0.39 is 0 Å². The number of nitrogens with zero attached hydrogens (tertiary/aromatic N) is 3. The Bertz CT molecular complexity index is 650. The number of carbonyl (C=O) groups excluding carboxylic acids is 2. The number of benzene rings is 1. The Hall–Kier alpha value is -2.28. The molecule has 0 spiro atoms. The standard InChI is InChI=1S/C20H29N3O4/c1-3-27-20(25)23-9-7-17(8-10-23)21-11-13-22(14-12-21)19(24)16-5-4-6-18(15-16)26-2/h4-6,15,17H,3,7-14H2,1-2H3. The lowest BCUT2D eigenvalue weighted by atomic mass is 10.0. The predicted molar refractivity (Wildman–Crippen MR) is 102 cm³/mol. The molecule has 2 aliphatic rings. The molecule has 7 heteroatoms. The molecule has 2 fully saturated rings. The summed E-state index contributed by atoms with van der Waals surface area (Å²) in [5.74, 6) is 0.763. The van der Waals surface area contributed by atoms with Gasteiger partial charge < -0.3 is 19.3 Å². The van der Waals surface area contributed by atoms with Crippen LogP contribution >= 0.6 is 0 Å². The maximum absolute atomic E-state index is 12.7. The molecule has 0 N–H and O–H groups in total. The van der Waals surface area contributed by atoms with Gasteiger partial charge in [0.15, 0.2) is 0 Å². The number of piperidine rings is 1. The Morgan fingerprint density at radius 2 is 1.74 bits per heavy atom. The van der Waals surface area contributed by atoms with E-state index in [0.29, 0.717) is 24.0 Å².